The Morgan fingerprint density at radius 1 is 0.267 bits per heavy atom. The van der Waals surface area contributed by atoms with Crippen molar-refractivity contribution >= 4 is 17.9 Å². The topological polar surface area (TPSA) is 78.9 Å². The second kappa shape index (κ2) is 63.6. The van der Waals surface area contributed by atoms with E-state index in [9.17, 15) is 14.4 Å². The SMILES string of the molecule is CCC/C=C\C/C=C\CCCCCCCC(=O)OC(COC(=O)CCCCCCC/C=C\CCCCCC)COC(=O)CCCCCCCCCCCCCCCCCCCCC/C=C\C/C=C\CCCCCCC. The number of unbranched alkanes of at least 4 members (excludes halogenated alkanes) is 39. The van der Waals surface area contributed by atoms with Crippen LogP contribution in [0.1, 0.15) is 342 Å². The Morgan fingerprint density at radius 3 is 0.813 bits per heavy atom. The number of carbonyl (C=O) groups is 3. The minimum Gasteiger partial charge on any atom is -0.462 e. The summed E-state index contributed by atoms with van der Waals surface area (Å²) in [5, 5.41) is 0. The van der Waals surface area contributed by atoms with Gasteiger partial charge in [-0.15, -0.1) is 0 Å². The second-order valence-electron chi connectivity index (χ2n) is 22.0. The third-order valence-electron chi connectivity index (χ3n) is 14.4. The molecule has 6 nitrogen and oxygen atoms in total. The highest BCUT2D eigenvalue weighted by atomic mass is 16.6. The maximum atomic E-state index is 12.8. The van der Waals surface area contributed by atoms with Crippen LogP contribution >= 0.6 is 0 Å². The minimum absolute atomic E-state index is 0.0796. The average Bonchev–Trinajstić information content (AvgIpc) is 3.41. The molecule has 0 aliphatic carbocycles. The van der Waals surface area contributed by atoms with Gasteiger partial charge in [0.2, 0.25) is 0 Å². The van der Waals surface area contributed by atoms with E-state index in [0.29, 0.717) is 19.3 Å². The van der Waals surface area contributed by atoms with Crippen molar-refractivity contribution in [3.05, 3.63) is 60.8 Å². The predicted molar refractivity (Wildman–Crippen MR) is 325 cm³/mol. The highest BCUT2D eigenvalue weighted by Gasteiger charge is 2.19. The molecule has 0 rings (SSSR count). The largest absolute Gasteiger partial charge is 0.462 e. The van der Waals surface area contributed by atoms with Crippen LogP contribution in [0.2, 0.25) is 0 Å². The smallest absolute Gasteiger partial charge is 0.306 e. The van der Waals surface area contributed by atoms with Crippen LogP contribution in [0, 0.1) is 0 Å². The second-order valence-corrected chi connectivity index (χ2v) is 22.0. The van der Waals surface area contributed by atoms with Crippen molar-refractivity contribution in [2.75, 3.05) is 13.2 Å². The first-order chi connectivity index (χ1) is 37.0. The van der Waals surface area contributed by atoms with Gasteiger partial charge in [-0.25, -0.2) is 0 Å². The van der Waals surface area contributed by atoms with E-state index in [0.717, 1.165) is 103 Å². The molecule has 0 amide bonds. The number of hydrogen-bond acceptors (Lipinski definition) is 6. The third-order valence-corrected chi connectivity index (χ3v) is 14.4. The van der Waals surface area contributed by atoms with Gasteiger partial charge in [0.15, 0.2) is 6.10 Å². The van der Waals surface area contributed by atoms with Crippen molar-refractivity contribution in [2.45, 2.75) is 348 Å². The first-order valence-electron chi connectivity index (χ1n) is 32.8. The van der Waals surface area contributed by atoms with E-state index in [1.165, 1.54) is 199 Å². The first kappa shape index (κ1) is 72.1. The zero-order valence-corrected chi connectivity index (χ0v) is 50.1. The van der Waals surface area contributed by atoms with Crippen molar-refractivity contribution < 1.29 is 28.6 Å². The lowest BCUT2D eigenvalue weighted by Gasteiger charge is -2.18. The zero-order valence-electron chi connectivity index (χ0n) is 50.1. The van der Waals surface area contributed by atoms with E-state index in [1.807, 2.05) is 0 Å². The number of esters is 3. The number of hydrogen-bond donors (Lipinski definition) is 0. The maximum absolute atomic E-state index is 12.8. The molecule has 75 heavy (non-hydrogen) atoms. The van der Waals surface area contributed by atoms with E-state index in [1.54, 1.807) is 0 Å². The van der Waals surface area contributed by atoms with Gasteiger partial charge in [0.1, 0.15) is 13.2 Å². The van der Waals surface area contributed by atoms with Crippen LogP contribution in [-0.2, 0) is 28.6 Å². The highest BCUT2D eigenvalue weighted by Crippen LogP contribution is 2.17. The van der Waals surface area contributed by atoms with Gasteiger partial charge in [-0.3, -0.25) is 14.4 Å². The Morgan fingerprint density at radius 2 is 0.507 bits per heavy atom. The molecule has 0 spiro atoms. The summed E-state index contributed by atoms with van der Waals surface area (Å²) in [6, 6.07) is 0. The minimum atomic E-state index is -0.783. The van der Waals surface area contributed by atoms with Crippen LogP contribution in [0.5, 0.6) is 0 Å². The molecule has 436 valence electrons. The summed E-state index contributed by atoms with van der Waals surface area (Å²) in [5.41, 5.74) is 0. The van der Waals surface area contributed by atoms with Gasteiger partial charge < -0.3 is 14.2 Å². The molecule has 6 heteroatoms. The van der Waals surface area contributed by atoms with Crippen LogP contribution in [0.15, 0.2) is 60.8 Å². The van der Waals surface area contributed by atoms with Gasteiger partial charge in [-0.2, -0.15) is 0 Å². The first-order valence-corrected chi connectivity index (χ1v) is 32.8. The van der Waals surface area contributed by atoms with Crippen LogP contribution in [0.25, 0.3) is 0 Å². The quantitative estimate of drug-likeness (QED) is 0.0261. The van der Waals surface area contributed by atoms with Gasteiger partial charge in [-0.1, -0.05) is 281 Å². The summed E-state index contributed by atoms with van der Waals surface area (Å²) < 4.78 is 16.9. The normalized spacial score (nSPS) is 12.4. The van der Waals surface area contributed by atoms with Gasteiger partial charge in [0.05, 0.1) is 0 Å². The maximum Gasteiger partial charge on any atom is 0.306 e. The molecule has 0 saturated heterocycles. The fourth-order valence-corrected chi connectivity index (χ4v) is 9.51. The van der Waals surface area contributed by atoms with Crippen LogP contribution in [0.4, 0.5) is 0 Å². The summed E-state index contributed by atoms with van der Waals surface area (Å²) in [6.45, 7) is 6.57. The fraction of sp³-hybridized carbons (Fsp3) is 0.812. The van der Waals surface area contributed by atoms with Crippen molar-refractivity contribution in [3.63, 3.8) is 0 Å². The molecule has 0 fully saturated rings. The van der Waals surface area contributed by atoms with Crippen molar-refractivity contribution in [1.82, 2.24) is 0 Å². The molecular formula is C69H124O6. The highest BCUT2D eigenvalue weighted by molar-refractivity contribution is 5.71. The van der Waals surface area contributed by atoms with Gasteiger partial charge in [0.25, 0.3) is 0 Å². The Labute approximate surface area is 466 Å². The molecule has 1 atom stereocenters. The van der Waals surface area contributed by atoms with Gasteiger partial charge in [-0.05, 0) is 103 Å². The third kappa shape index (κ3) is 61.8. The average molecular weight is 1050 g/mol. The molecule has 0 aromatic rings. The molecular weight excluding hydrogens is 925 g/mol. The van der Waals surface area contributed by atoms with Crippen LogP contribution in [0.3, 0.4) is 0 Å². The molecule has 0 heterocycles. The molecule has 0 N–H and O–H groups in total. The van der Waals surface area contributed by atoms with Gasteiger partial charge >= 0.3 is 17.9 Å². The monoisotopic (exact) mass is 1050 g/mol. The molecule has 0 bridgehead atoms. The number of allylic oxidation sites excluding steroid dienone is 10. The molecule has 0 aromatic heterocycles. The van der Waals surface area contributed by atoms with Crippen LogP contribution in [-0.4, -0.2) is 37.2 Å². The summed E-state index contributed by atoms with van der Waals surface area (Å²) >= 11 is 0. The van der Waals surface area contributed by atoms with E-state index < -0.39 is 6.10 Å². The number of carbonyl (C=O) groups excluding carboxylic acids is 3. The summed E-state index contributed by atoms with van der Waals surface area (Å²) in [4.78, 5) is 38.2. The molecule has 0 radical (unpaired) electrons. The fourth-order valence-electron chi connectivity index (χ4n) is 9.51. The van der Waals surface area contributed by atoms with Crippen molar-refractivity contribution in [1.29, 1.82) is 0 Å². The summed E-state index contributed by atoms with van der Waals surface area (Å²) in [7, 11) is 0. The Hall–Kier alpha value is -2.89. The van der Waals surface area contributed by atoms with E-state index in [-0.39, 0.29) is 31.1 Å². The number of rotatable bonds is 60. The zero-order chi connectivity index (χ0) is 54.3. The Balaban J connectivity index is 4.12. The van der Waals surface area contributed by atoms with E-state index in [4.69, 9.17) is 14.2 Å². The van der Waals surface area contributed by atoms with Crippen molar-refractivity contribution in [3.8, 4) is 0 Å². The standard InChI is InChI=1S/C69H124O6/c1-4-7-10-13-16-19-22-25-26-27-28-29-30-31-32-33-34-35-36-37-38-39-40-41-42-45-47-50-53-56-59-62-68(71)74-65-66(75-69(72)63-60-57-54-51-48-44-24-21-18-15-12-9-6-3)64-73-67(70)61-58-55-52-49-46-43-23-20-17-14-11-8-5-2/h12,15,20-25,27-28,66H,4-11,13-14,16-19,26,29-65H2,1-3H3/b15-12-,23-20-,24-21-,25-22-,28-27-. The molecule has 0 saturated carbocycles. The lowest BCUT2D eigenvalue weighted by Crippen LogP contribution is -2.30. The van der Waals surface area contributed by atoms with Gasteiger partial charge in [0, 0.05) is 19.3 Å². The number of ether oxygens (including phenoxy) is 3. The Kier molecular flexibility index (Phi) is 61.2. The lowest BCUT2D eigenvalue weighted by molar-refractivity contribution is -0.167. The molecule has 0 aromatic carbocycles. The summed E-state index contributed by atoms with van der Waals surface area (Å²) in [5.74, 6) is -0.888. The van der Waals surface area contributed by atoms with Crippen LogP contribution < -0.4 is 0 Å². The Bertz CT molecular complexity index is 1340. The van der Waals surface area contributed by atoms with E-state index >= 15 is 0 Å². The summed E-state index contributed by atoms with van der Waals surface area (Å²) in [6.07, 6.45) is 81.1. The van der Waals surface area contributed by atoms with Crippen molar-refractivity contribution in [2.24, 2.45) is 0 Å². The van der Waals surface area contributed by atoms with E-state index in [2.05, 4.69) is 81.5 Å². The molecule has 1 unspecified atom stereocenters. The lowest BCUT2D eigenvalue weighted by atomic mass is 10.0. The molecule has 0 aliphatic rings. The molecule has 0 aliphatic heterocycles. The predicted octanol–water partition coefficient (Wildman–Crippen LogP) is 22.3.